The Bertz CT molecular complexity index is 436. The van der Waals surface area contributed by atoms with Gasteiger partial charge >= 0.3 is 0 Å². The maximum absolute atomic E-state index is 6.21. The molecule has 0 aliphatic heterocycles. The van der Waals surface area contributed by atoms with Crippen LogP contribution in [0.15, 0.2) is 18.2 Å². The van der Waals surface area contributed by atoms with Gasteiger partial charge in [-0.3, -0.25) is 0 Å². The molecule has 0 aliphatic rings. The second kappa shape index (κ2) is 9.32. The Morgan fingerprint density at radius 1 is 1.40 bits per heavy atom. The van der Waals surface area contributed by atoms with Crippen LogP contribution in [0.3, 0.4) is 0 Å². The highest BCUT2D eigenvalue weighted by Crippen LogP contribution is 2.20. The van der Waals surface area contributed by atoms with Crippen LogP contribution in [0.25, 0.3) is 0 Å². The molecule has 0 fully saturated rings. The second-order valence-corrected chi connectivity index (χ2v) is 5.95. The number of thiocarbonyl (C=S) groups is 1. The fraction of sp³-hybridized carbons (Fsp3) is 0.562. The number of hydrogen-bond acceptors (Lipinski definition) is 2. The smallest absolute Gasteiger partial charge is 0.104 e. The molecule has 1 rings (SSSR count). The van der Waals surface area contributed by atoms with Crippen molar-refractivity contribution in [3.05, 3.63) is 34.3 Å². The number of benzene rings is 1. The summed E-state index contributed by atoms with van der Waals surface area (Å²) in [4.78, 5) is 0.366. The third-order valence-electron chi connectivity index (χ3n) is 3.49. The van der Waals surface area contributed by atoms with Crippen LogP contribution in [0.1, 0.15) is 50.7 Å². The lowest BCUT2D eigenvalue weighted by Crippen LogP contribution is -2.10. The van der Waals surface area contributed by atoms with Crippen LogP contribution >= 0.6 is 23.8 Å². The number of rotatable bonds is 9. The molecule has 1 aromatic carbocycles. The monoisotopic (exact) mass is 313 g/mol. The van der Waals surface area contributed by atoms with Crippen LogP contribution in [0.4, 0.5) is 0 Å². The molecule has 0 amide bonds. The van der Waals surface area contributed by atoms with Crippen molar-refractivity contribution in [1.82, 2.24) is 0 Å². The first kappa shape index (κ1) is 17.4. The van der Waals surface area contributed by atoms with Crippen molar-refractivity contribution < 1.29 is 4.74 Å². The maximum Gasteiger partial charge on any atom is 0.104 e. The first-order valence-electron chi connectivity index (χ1n) is 7.24. The Kier molecular flexibility index (Phi) is 8.12. The van der Waals surface area contributed by atoms with E-state index < -0.39 is 0 Å². The normalized spacial score (nSPS) is 12.3. The first-order valence-corrected chi connectivity index (χ1v) is 8.03. The minimum atomic E-state index is 0.366. The molecule has 1 aromatic rings. The van der Waals surface area contributed by atoms with E-state index in [4.69, 9.17) is 34.3 Å². The zero-order chi connectivity index (χ0) is 15.0. The Labute approximate surface area is 132 Å². The molecular formula is C16H24ClNOS. The molecule has 4 heteroatoms. The summed E-state index contributed by atoms with van der Waals surface area (Å²) in [5.41, 5.74) is 7.36. The van der Waals surface area contributed by atoms with Crippen molar-refractivity contribution in [1.29, 1.82) is 0 Å². The van der Waals surface area contributed by atoms with E-state index >= 15 is 0 Å². The van der Waals surface area contributed by atoms with E-state index in [1.54, 1.807) is 6.07 Å². The Hall–Kier alpha value is -0.640. The van der Waals surface area contributed by atoms with Gasteiger partial charge in [0.2, 0.25) is 0 Å². The molecule has 2 N–H and O–H groups in total. The number of unbranched alkanes of at least 4 members (excludes halogenated alkanes) is 1. The predicted molar refractivity (Wildman–Crippen MR) is 90.3 cm³/mol. The molecule has 0 aliphatic carbocycles. The van der Waals surface area contributed by atoms with Gasteiger partial charge < -0.3 is 10.5 Å². The van der Waals surface area contributed by atoms with Gasteiger partial charge in [0, 0.05) is 17.2 Å². The zero-order valence-electron chi connectivity index (χ0n) is 12.3. The maximum atomic E-state index is 6.21. The van der Waals surface area contributed by atoms with E-state index in [1.807, 2.05) is 12.1 Å². The van der Waals surface area contributed by atoms with Gasteiger partial charge in [-0.25, -0.2) is 0 Å². The summed E-state index contributed by atoms with van der Waals surface area (Å²) in [6.07, 6.45) is 4.91. The van der Waals surface area contributed by atoms with Crippen molar-refractivity contribution in [3.8, 4) is 0 Å². The third kappa shape index (κ3) is 5.78. The summed E-state index contributed by atoms with van der Waals surface area (Å²) >= 11 is 11.1. The van der Waals surface area contributed by atoms with E-state index in [0.717, 1.165) is 24.2 Å². The van der Waals surface area contributed by atoms with Gasteiger partial charge in [0.05, 0.1) is 6.61 Å². The molecule has 0 saturated carbocycles. The quantitative estimate of drug-likeness (QED) is 0.671. The van der Waals surface area contributed by atoms with E-state index in [-0.39, 0.29) is 0 Å². The molecule has 1 atom stereocenters. The van der Waals surface area contributed by atoms with Crippen molar-refractivity contribution in [2.45, 2.75) is 46.1 Å². The molecule has 0 spiro atoms. The Morgan fingerprint density at radius 2 is 2.15 bits per heavy atom. The van der Waals surface area contributed by atoms with Crippen LogP contribution in [0, 0.1) is 5.92 Å². The predicted octanol–water partition coefficient (Wildman–Crippen LogP) is 4.71. The lowest BCUT2D eigenvalue weighted by atomic mass is 10.0. The molecular weight excluding hydrogens is 290 g/mol. The van der Waals surface area contributed by atoms with Gasteiger partial charge in [-0.1, -0.05) is 69.1 Å². The molecule has 2 nitrogen and oxygen atoms in total. The number of nitrogens with two attached hydrogens (primary N) is 1. The van der Waals surface area contributed by atoms with E-state index in [2.05, 4.69) is 13.8 Å². The molecule has 112 valence electrons. The van der Waals surface area contributed by atoms with Crippen LogP contribution in [0.2, 0.25) is 5.02 Å². The summed E-state index contributed by atoms with van der Waals surface area (Å²) in [5, 5.41) is 0.664. The van der Waals surface area contributed by atoms with Gasteiger partial charge in [0.15, 0.2) is 0 Å². The van der Waals surface area contributed by atoms with Gasteiger partial charge in [-0.15, -0.1) is 0 Å². The van der Waals surface area contributed by atoms with Crippen LogP contribution in [0.5, 0.6) is 0 Å². The molecule has 0 saturated heterocycles. The highest BCUT2D eigenvalue weighted by Gasteiger charge is 2.08. The minimum absolute atomic E-state index is 0.366. The van der Waals surface area contributed by atoms with E-state index in [9.17, 15) is 0 Å². The number of ether oxygens (including phenoxy) is 1. The second-order valence-electron chi connectivity index (χ2n) is 5.10. The number of halogens is 1. The average molecular weight is 314 g/mol. The van der Waals surface area contributed by atoms with Crippen molar-refractivity contribution in [3.63, 3.8) is 0 Å². The number of hydrogen-bond donors (Lipinski definition) is 1. The topological polar surface area (TPSA) is 35.2 Å². The molecule has 20 heavy (non-hydrogen) atoms. The standard InChI is InChI=1S/C16H24ClNOS/c1-3-5-6-12(4-2)10-19-11-14-8-7-13(16(18)20)9-15(14)17/h7-9,12H,3-6,10-11H2,1-2H3,(H2,18,20). The Balaban J connectivity index is 2.47. The summed E-state index contributed by atoms with van der Waals surface area (Å²) < 4.78 is 5.80. The van der Waals surface area contributed by atoms with Gasteiger partial charge in [0.1, 0.15) is 4.99 Å². The van der Waals surface area contributed by atoms with Crippen LogP contribution in [-0.2, 0) is 11.3 Å². The molecule has 0 bridgehead atoms. The minimum Gasteiger partial charge on any atom is -0.389 e. The van der Waals surface area contributed by atoms with E-state index in [1.165, 1.54) is 19.3 Å². The van der Waals surface area contributed by atoms with Gasteiger partial charge in [-0.2, -0.15) is 0 Å². The molecule has 1 unspecified atom stereocenters. The largest absolute Gasteiger partial charge is 0.389 e. The summed E-state index contributed by atoms with van der Waals surface area (Å²) in [7, 11) is 0. The summed E-state index contributed by atoms with van der Waals surface area (Å²) in [5.74, 6) is 0.643. The Morgan fingerprint density at radius 3 is 2.70 bits per heavy atom. The molecule has 0 radical (unpaired) electrons. The van der Waals surface area contributed by atoms with Gasteiger partial charge in [-0.05, 0) is 24.0 Å². The molecule has 0 heterocycles. The summed E-state index contributed by atoms with van der Waals surface area (Å²) in [6.45, 7) is 5.77. The zero-order valence-corrected chi connectivity index (χ0v) is 13.9. The molecule has 0 aromatic heterocycles. The van der Waals surface area contributed by atoms with Crippen LogP contribution < -0.4 is 5.73 Å². The van der Waals surface area contributed by atoms with Crippen molar-refractivity contribution >= 4 is 28.8 Å². The van der Waals surface area contributed by atoms with E-state index in [0.29, 0.717) is 22.5 Å². The lowest BCUT2D eigenvalue weighted by molar-refractivity contribution is 0.0820. The fourth-order valence-electron chi connectivity index (χ4n) is 2.05. The first-order chi connectivity index (χ1) is 9.58. The summed E-state index contributed by atoms with van der Waals surface area (Å²) in [6, 6.07) is 5.63. The van der Waals surface area contributed by atoms with Gasteiger partial charge in [0.25, 0.3) is 0 Å². The lowest BCUT2D eigenvalue weighted by Gasteiger charge is -2.15. The van der Waals surface area contributed by atoms with Crippen molar-refractivity contribution in [2.75, 3.05) is 6.61 Å². The third-order valence-corrected chi connectivity index (χ3v) is 4.08. The highest BCUT2D eigenvalue weighted by atomic mass is 35.5. The highest BCUT2D eigenvalue weighted by molar-refractivity contribution is 7.80. The average Bonchev–Trinajstić information content (AvgIpc) is 2.43. The van der Waals surface area contributed by atoms with Crippen molar-refractivity contribution in [2.24, 2.45) is 11.7 Å². The van der Waals surface area contributed by atoms with Crippen LogP contribution in [-0.4, -0.2) is 11.6 Å². The fourth-order valence-corrected chi connectivity index (χ4v) is 2.41. The SMILES string of the molecule is CCCCC(CC)COCc1ccc(C(N)=S)cc1Cl.